The Kier molecular flexibility index (Phi) is 110. The molecule has 0 aromatic heterocycles. The Morgan fingerprint density at radius 2 is 1.00 bits per heavy atom. The van der Waals surface area contributed by atoms with Crippen LogP contribution in [0.5, 0.6) is 0 Å². The van der Waals surface area contributed by atoms with E-state index in [2.05, 4.69) is 0 Å². The van der Waals surface area contributed by atoms with Crippen molar-refractivity contribution in [2.24, 2.45) is 0 Å². The van der Waals surface area contributed by atoms with Crippen LogP contribution >= 0.6 is 0 Å². The Morgan fingerprint density at radius 1 is 1.00 bits per heavy atom. The van der Waals surface area contributed by atoms with Gasteiger partial charge in [0.15, 0.2) is 0 Å². The molecule has 0 bridgehead atoms. The molecule has 0 aromatic carbocycles. The van der Waals surface area contributed by atoms with Crippen LogP contribution in [-0.4, -0.2) is 48.7 Å². The molecule has 0 radical (unpaired) electrons. The van der Waals surface area contributed by atoms with Crippen molar-refractivity contribution in [3.8, 4) is 0 Å². The van der Waals surface area contributed by atoms with Gasteiger partial charge in [0.05, 0.1) is 0 Å². The molecule has 0 unspecified atom stereocenters. The van der Waals surface area contributed by atoms with E-state index in [1.54, 1.807) is 0 Å². The molecule has 0 spiro atoms. The second kappa shape index (κ2) is 16.3. The van der Waals surface area contributed by atoms with E-state index in [0.717, 1.165) is 0 Å². The van der Waals surface area contributed by atoms with Gasteiger partial charge in [0.25, 0.3) is 0 Å². The fourth-order valence-electron chi connectivity index (χ4n) is 0. The van der Waals surface area contributed by atoms with Crippen LogP contribution in [0.4, 0.5) is 0 Å². The third-order valence-electron chi connectivity index (χ3n) is 0. The minimum absolute atomic E-state index is 0. The van der Waals surface area contributed by atoms with E-state index in [-0.39, 0.29) is 122 Å². The largest absolute Gasteiger partial charge is 2.00 e. The summed E-state index contributed by atoms with van der Waals surface area (Å²) in [4.78, 5) is 0. The van der Waals surface area contributed by atoms with E-state index in [0.29, 0.717) is 0 Å². The molecular formula is H7CaCsO2. The van der Waals surface area contributed by atoms with Crippen molar-refractivity contribution in [1.82, 2.24) is 0 Å². The van der Waals surface area contributed by atoms with Crippen LogP contribution < -0.4 is 68.9 Å². The van der Waals surface area contributed by atoms with Gasteiger partial charge in [-0.25, -0.2) is 0 Å². The van der Waals surface area contributed by atoms with Crippen molar-refractivity contribution in [1.29, 1.82) is 0 Å². The van der Waals surface area contributed by atoms with Crippen LogP contribution in [0, 0.1) is 0 Å². The van der Waals surface area contributed by atoms with E-state index < -0.39 is 0 Å². The van der Waals surface area contributed by atoms with E-state index in [1.165, 1.54) is 0 Å². The third-order valence-corrected chi connectivity index (χ3v) is 0. The van der Waals surface area contributed by atoms with Gasteiger partial charge < -0.3 is 15.2 Å². The zero-order valence-corrected chi connectivity index (χ0v) is 11.2. The van der Waals surface area contributed by atoms with Crippen molar-refractivity contribution < 1.29 is 84.1 Å². The topological polar surface area (TPSA) is 63.0 Å². The summed E-state index contributed by atoms with van der Waals surface area (Å²) in [6.07, 6.45) is 0. The summed E-state index contributed by atoms with van der Waals surface area (Å²) in [5, 5.41) is 0. The molecule has 4 N–H and O–H groups in total. The predicted molar refractivity (Wildman–Crippen MR) is 16.3 cm³/mol. The van der Waals surface area contributed by atoms with Crippen molar-refractivity contribution in [3.63, 3.8) is 0 Å². The summed E-state index contributed by atoms with van der Waals surface area (Å²) in [7, 11) is 0. The fraction of sp³-hybridized carbons (Fsp3) is 0. The summed E-state index contributed by atoms with van der Waals surface area (Å²) < 4.78 is 0. The number of rotatable bonds is 0. The van der Waals surface area contributed by atoms with Gasteiger partial charge in [0, 0.05) is 0 Å². The molecule has 0 saturated heterocycles. The van der Waals surface area contributed by atoms with Gasteiger partial charge in [-0.3, -0.25) is 0 Å². The number of hydrogen-bond donors (Lipinski definition) is 0. The predicted octanol–water partition coefficient (Wildman–Crippen LogP) is -4.69. The molecule has 0 aliphatic heterocycles. The summed E-state index contributed by atoms with van der Waals surface area (Å²) in [6, 6.07) is 0. The Labute approximate surface area is 118 Å². The fourth-order valence-corrected chi connectivity index (χ4v) is 0. The normalized spacial score (nSPS) is 0. The second-order valence-electron chi connectivity index (χ2n) is 0. The van der Waals surface area contributed by atoms with Crippen LogP contribution in [-0.2, 0) is 0 Å². The Morgan fingerprint density at radius 3 is 1.00 bits per heavy atom. The number of hydrogen-bond acceptors (Lipinski definition) is 0. The van der Waals surface area contributed by atoms with Crippen LogP contribution in [0.1, 0.15) is 4.28 Å². The molecule has 0 aromatic rings. The summed E-state index contributed by atoms with van der Waals surface area (Å²) in [5.74, 6) is 0. The van der Waals surface area contributed by atoms with E-state index >= 15 is 0 Å². The summed E-state index contributed by atoms with van der Waals surface area (Å²) >= 11 is 0. The monoisotopic (exact) mass is 212 g/mol. The molecule has 0 amide bonds. The van der Waals surface area contributed by atoms with Gasteiger partial charge in [0.1, 0.15) is 0 Å². The maximum atomic E-state index is 0. The van der Waals surface area contributed by atoms with Crippen LogP contribution in [0.25, 0.3) is 0 Å². The van der Waals surface area contributed by atoms with Crippen molar-refractivity contribution >= 4 is 37.7 Å². The summed E-state index contributed by atoms with van der Waals surface area (Å²) in [5.41, 5.74) is 0. The molecule has 2 nitrogen and oxygen atoms in total. The molecule has 4 heavy (non-hydrogen) atoms. The van der Waals surface area contributed by atoms with Gasteiger partial charge in [-0.1, -0.05) is 0 Å². The molecule has 0 fully saturated rings. The Balaban J connectivity index is 0. The molecule has 0 saturated carbocycles. The van der Waals surface area contributed by atoms with Crippen LogP contribution in [0.2, 0.25) is 0 Å². The standard InChI is InChI=1S/Ca.Cs.2H2O.3H/h;;2*1H2;;;/q+2;+1;;;3*-1. The molecule has 0 heterocycles. The zero-order valence-electron chi connectivity index (χ0n) is 5.71. The summed E-state index contributed by atoms with van der Waals surface area (Å²) in [6.45, 7) is 0. The minimum Gasteiger partial charge on any atom is -1.00 e. The molecule has 4 heteroatoms. The second-order valence-corrected chi connectivity index (χ2v) is 0. The third kappa shape index (κ3) is 8.97. The average Bonchev–Trinajstić information content (AvgIpc) is 0. The maximum absolute atomic E-state index is 0. The van der Waals surface area contributed by atoms with E-state index in [1.807, 2.05) is 0 Å². The van der Waals surface area contributed by atoms with E-state index in [4.69, 9.17) is 0 Å². The molecule has 0 aliphatic carbocycles. The molecule has 0 aliphatic rings. The van der Waals surface area contributed by atoms with Crippen LogP contribution in [0.3, 0.4) is 0 Å². The minimum atomic E-state index is 0. The van der Waals surface area contributed by atoms with Gasteiger partial charge in [0.2, 0.25) is 0 Å². The zero-order chi connectivity index (χ0) is 0. The first-order valence-corrected chi connectivity index (χ1v) is 0. The first kappa shape index (κ1) is 26.9. The van der Waals surface area contributed by atoms with Gasteiger partial charge in [-0.15, -0.1) is 0 Å². The van der Waals surface area contributed by atoms with Crippen molar-refractivity contribution in [2.45, 2.75) is 0 Å². The van der Waals surface area contributed by atoms with Gasteiger partial charge in [-0.05, 0) is 0 Å². The molecule has 22 valence electrons. The Bertz CT molecular complexity index is 12.9. The van der Waals surface area contributed by atoms with Crippen LogP contribution in [0.15, 0.2) is 0 Å². The quantitative estimate of drug-likeness (QED) is 0.362. The smallest absolute Gasteiger partial charge is 1.00 e. The van der Waals surface area contributed by atoms with E-state index in [9.17, 15) is 0 Å². The first-order valence-electron chi connectivity index (χ1n) is 0. The molecule has 0 rings (SSSR count). The van der Waals surface area contributed by atoms with Gasteiger partial charge >= 0.3 is 107 Å². The van der Waals surface area contributed by atoms with Crippen molar-refractivity contribution in [3.05, 3.63) is 0 Å². The van der Waals surface area contributed by atoms with Gasteiger partial charge in [-0.2, -0.15) is 0 Å². The van der Waals surface area contributed by atoms with Crippen molar-refractivity contribution in [2.75, 3.05) is 0 Å². The molecular weight excluding hydrogens is 205 g/mol. The average molecular weight is 212 g/mol. The first-order chi connectivity index (χ1) is 0. The SMILES string of the molecule is O.O.[Ca+2].[Cs+].[H-].[H-].[H-]. The molecule has 0 atom stereocenters. The Hall–Kier alpha value is 3.23. The maximum Gasteiger partial charge on any atom is 2.00 e.